The van der Waals surface area contributed by atoms with E-state index in [0.29, 0.717) is 5.92 Å². The Balaban J connectivity index is 2.74. The lowest BCUT2D eigenvalue weighted by molar-refractivity contribution is 0.478. The molecule has 2 heteroatoms. The fourth-order valence-electron chi connectivity index (χ4n) is 1.76. The average Bonchev–Trinajstić information content (AvgIpc) is 2.25. The summed E-state index contributed by atoms with van der Waals surface area (Å²) in [6, 6.07) is 8.90. The molecule has 0 radical (unpaired) electrons. The van der Waals surface area contributed by atoms with Gasteiger partial charge in [-0.2, -0.15) is 0 Å². The molecule has 1 aromatic carbocycles. The van der Waals surface area contributed by atoms with E-state index in [2.05, 4.69) is 56.9 Å². The first kappa shape index (κ1) is 13.0. The van der Waals surface area contributed by atoms with Gasteiger partial charge in [0, 0.05) is 24.8 Å². The van der Waals surface area contributed by atoms with Crippen molar-refractivity contribution in [2.24, 2.45) is 11.7 Å². The fourth-order valence-corrected chi connectivity index (χ4v) is 1.76. The summed E-state index contributed by atoms with van der Waals surface area (Å²) >= 11 is 0. The summed E-state index contributed by atoms with van der Waals surface area (Å²) in [5, 5.41) is 0. The predicted octanol–water partition coefficient (Wildman–Crippen LogP) is 2.80. The van der Waals surface area contributed by atoms with Gasteiger partial charge in [-0.05, 0) is 44.4 Å². The van der Waals surface area contributed by atoms with Crippen molar-refractivity contribution in [2.45, 2.75) is 33.7 Å². The van der Waals surface area contributed by atoms with Crippen LogP contribution in [-0.2, 0) is 0 Å². The molecule has 0 heterocycles. The second kappa shape index (κ2) is 5.90. The van der Waals surface area contributed by atoms with Crippen molar-refractivity contribution in [3.8, 4) is 0 Å². The normalized spacial score (nSPS) is 14.6. The summed E-state index contributed by atoms with van der Waals surface area (Å²) in [7, 11) is 0. The van der Waals surface area contributed by atoms with E-state index in [1.54, 1.807) is 0 Å². The van der Waals surface area contributed by atoms with Crippen LogP contribution in [0.3, 0.4) is 0 Å². The zero-order valence-electron chi connectivity index (χ0n) is 10.9. The van der Waals surface area contributed by atoms with Crippen molar-refractivity contribution < 1.29 is 0 Å². The molecule has 0 spiro atoms. The minimum atomic E-state index is 0.249. The molecule has 2 nitrogen and oxygen atoms in total. The number of nitrogens with zero attached hydrogens (tertiary/aromatic N) is 1. The molecule has 1 aromatic rings. The molecule has 2 atom stereocenters. The Morgan fingerprint density at radius 1 is 1.31 bits per heavy atom. The molecular formula is C14H24N2. The van der Waals surface area contributed by atoms with E-state index in [4.69, 9.17) is 5.73 Å². The molecule has 0 bridgehead atoms. The van der Waals surface area contributed by atoms with Gasteiger partial charge in [-0.15, -0.1) is 0 Å². The van der Waals surface area contributed by atoms with Crippen molar-refractivity contribution in [3.05, 3.63) is 29.8 Å². The summed E-state index contributed by atoms with van der Waals surface area (Å²) in [6.07, 6.45) is 0. The summed E-state index contributed by atoms with van der Waals surface area (Å²) in [5.74, 6) is 0.514. The Bertz CT molecular complexity index is 320. The van der Waals surface area contributed by atoms with Gasteiger partial charge in [0.1, 0.15) is 0 Å². The first-order valence-electron chi connectivity index (χ1n) is 6.11. The van der Waals surface area contributed by atoms with Crippen molar-refractivity contribution >= 4 is 5.69 Å². The lowest BCUT2D eigenvalue weighted by atomic mass is 10.0. The van der Waals surface area contributed by atoms with E-state index in [1.165, 1.54) is 11.3 Å². The summed E-state index contributed by atoms with van der Waals surface area (Å²) in [6.45, 7) is 10.7. The third kappa shape index (κ3) is 3.53. The van der Waals surface area contributed by atoms with Gasteiger partial charge in [0.05, 0.1) is 0 Å². The Hall–Kier alpha value is -1.02. The molecule has 0 fully saturated rings. The van der Waals surface area contributed by atoms with Crippen LogP contribution in [0.15, 0.2) is 24.3 Å². The quantitative estimate of drug-likeness (QED) is 0.826. The highest BCUT2D eigenvalue weighted by Crippen LogP contribution is 2.17. The monoisotopic (exact) mass is 220 g/mol. The number of benzene rings is 1. The molecule has 0 saturated carbocycles. The van der Waals surface area contributed by atoms with Crippen LogP contribution >= 0.6 is 0 Å². The highest BCUT2D eigenvalue weighted by Gasteiger charge is 2.12. The van der Waals surface area contributed by atoms with E-state index in [1.807, 2.05) is 0 Å². The number of anilines is 1. The molecule has 0 saturated heterocycles. The highest BCUT2D eigenvalue weighted by atomic mass is 15.1. The van der Waals surface area contributed by atoms with Crippen molar-refractivity contribution in [1.82, 2.24) is 0 Å². The molecule has 16 heavy (non-hydrogen) atoms. The van der Waals surface area contributed by atoms with Gasteiger partial charge < -0.3 is 10.6 Å². The maximum absolute atomic E-state index is 5.92. The van der Waals surface area contributed by atoms with Crippen LogP contribution < -0.4 is 10.6 Å². The summed E-state index contributed by atoms with van der Waals surface area (Å²) in [5.41, 5.74) is 8.53. The van der Waals surface area contributed by atoms with Crippen LogP contribution in [-0.4, -0.2) is 19.1 Å². The highest BCUT2D eigenvalue weighted by molar-refractivity contribution is 5.48. The zero-order valence-corrected chi connectivity index (χ0v) is 10.9. The van der Waals surface area contributed by atoms with Gasteiger partial charge in [0.2, 0.25) is 0 Å². The smallest absolute Gasteiger partial charge is 0.0368 e. The van der Waals surface area contributed by atoms with E-state index in [9.17, 15) is 0 Å². The molecule has 0 aliphatic rings. The number of rotatable bonds is 5. The number of hydrogen-bond donors (Lipinski definition) is 1. The molecular weight excluding hydrogens is 196 g/mol. The maximum atomic E-state index is 5.92. The maximum Gasteiger partial charge on any atom is 0.0368 e. The standard InChI is InChI=1S/C14H24N2/c1-5-16(10-12(3)13(4)15)14-8-6-7-11(2)9-14/h6-9,12-13H,5,10,15H2,1-4H3. The first-order chi connectivity index (χ1) is 7.54. The van der Waals surface area contributed by atoms with Crippen LogP contribution in [0.5, 0.6) is 0 Å². The Labute approximate surface area is 99.5 Å². The van der Waals surface area contributed by atoms with Crippen molar-refractivity contribution in [2.75, 3.05) is 18.0 Å². The summed E-state index contributed by atoms with van der Waals surface area (Å²) < 4.78 is 0. The van der Waals surface area contributed by atoms with Crippen LogP contribution in [0.25, 0.3) is 0 Å². The molecule has 90 valence electrons. The average molecular weight is 220 g/mol. The van der Waals surface area contributed by atoms with Gasteiger partial charge in [-0.1, -0.05) is 19.1 Å². The minimum absolute atomic E-state index is 0.249. The third-order valence-electron chi connectivity index (χ3n) is 3.15. The predicted molar refractivity (Wildman–Crippen MR) is 71.9 cm³/mol. The van der Waals surface area contributed by atoms with Gasteiger partial charge >= 0.3 is 0 Å². The van der Waals surface area contributed by atoms with E-state index < -0.39 is 0 Å². The molecule has 0 aliphatic carbocycles. The van der Waals surface area contributed by atoms with Crippen LogP contribution in [0.2, 0.25) is 0 Å². The molecule has 0 amide bonds. The van der Waals surface area contributed by atoms with Crippen LogP contribution in [0.1, 0.15) is 26.3 Å². The van der Waals surface area contributed by atoms with E-state index in [0.717, 1.165) is 13.1 Å². The van der Waals surface area contributed by atoms with E-state index >= 15 is 0 Å². The topological polar surface area (TPSA) is 29.3 Å². The van der Waals surface area contributed by atoms with Gasteiger partial charge in [0.15, 0.2) is 0 Å². The number of aryl methyl sites for hydroxylation is 1. The molecule has 0 aromatic heterocycles. The molecule has 0 aliphatic heterocycles. The lowest BCUT2D eigenvalue weighted by Gasteiger charge is -2.28. The first-order valence-corrected chi connectivity index (χ1v) is 6.11. The van der Waals surface area contributed by atoms with Crippen molar-refractivity contribution in [3.63, 3.8) is 0 Å². The molecule has 1 rings (SSSR count). The van der Waals surface area contributed by atoms with Gasteiger partial charge in [0.25, 0.3) is 0 Å². The second-order valence-electron chi connectivity index (χ2n) is 4.71. The second-order valence-corrected chi connectivity index (χ2v) is 4.71. The number of nitrogens with two attached hydrogens (primary N) is 1. The molecule has 2 N–H and O–H groups in total. The minimum Gasteiger partial charge on any atom is -0.371 e. The summed E-state index contributed by atoms with van der Waals surface area (Å²) in [4.78, 5) is 2.39. The van der Waals surface area contributed by atoms with Crippen LogP contribution in [0.4, 0.5) is 5.69 Å². The Kier molecular flexibility index (Phi) is 4.81. The SMILES string of the molecule is CCN(CC(C)C(C)N)c1cccc(C)c1. The zero-order chi connectivity index (χ0) is 12.1. The third-order valence-corrected chi connectivity index (χ3v) is 3.15. The lowest BCUT2D eigenvalue weighted by Crippen LogP contribution is -2.36. The Morgan fingerprint density at radius 2 is 2.00 bits per heavy atom. The van der Waals surface area contributed by atoms with Crippen molar-refractivity contribution in [1.29, 1.82) is 0 Å². The van der Waals surface area contributed by atoms with Gasteiger partial charge in [-0.25, -0.2) is 0 Å². The van der Waals surface area contributed by atoms with Gasteiger partial charge in [-0.3, -0.25) is 0 Å². The molecule has 2 unspecified atom stereocenters. The van der Waals surface area contributed by atoms with Crippen LogP contribution in [0, 0.1) is 12.8 Å². The largest absolute Gasteiger partial charge is 0.371 e. The number of hydrogen-bond acceptors (Lipinski definition) is 2. The Morgan fingerprint density at radius 3 is 2.50 bits per heavy atom. The van der Waals surface area contributed by atoms with E-state index in [-0.39, 0.29) is 6.04 Å². The fraction of sp³-hybridized carbons (Fsp3) is 0.571.